The molecule has 2 aliphatic carbocycles. The number of benzene rings is 2. The number of carbonyl (C=O) groups is 3. The first-order valence-electron chi connectivity index (χ1n) is 13.4. The molecule has 2 amide bonds. The fourth-order valence-corrected chi connectivity index (χ4v) is 4.69. The summed E-state index contributed by atoms with van der Waals surface area (Å²) >= 11 is 0. The van der Waals surface area contributed by atoms with Gasteiger partial charge in [-0.15, -0.1) is 12.4 Å². The van der Waals surface area contributed by atoms with Gasteiger partial charge >= 0.3 is 12.2 Å². The third-order valence-corrected chi connectivity index (χ3v) is 6.21. The zero-order chi connectivity index (χ0) is 30.8. The summed E-state index contributed by atoms with van der Waals surface area (Å²) in [6.45, 7) is 11.0. The van der Waals surface area contributed by atoms with Crippen LogP contribution in [0.3, 0.4) is 0 Å². The maximum atomic E-state index is 11.8. The van der Waals surface area contributed by atoms with E-state index in [1.165, 1.54) is 11.8 Å². The fourth-order valence-electron chi connectivity index (χ4n) is 4.69. The van der Waals surface area contributed by atoms with Gasteiger partial charge in [-0.05, 0) is 107 Å². The molecular weight excluding hydrogens is 564 g/mol. The van der Waals surface area contributed by atoms with Gasteiger partial charge in [-0.3, -0.25) is 4.79 Å². The molecule has 2 aliphatic rings. The summed E-state index contributed by atoms with van der Waals surface area (Å²) in [6.07, 6.45) is 4.91. The van der Waals surface area contributed by atoms with E-state index in [4.69, 9.17) is 19.9 Å². The molecule has 42 heavy (non-hydrogen) atoms. The van der Waals surface area contributed by atoms with Gasteiger partial charge in [-0.25, -0.2) is 15.5 Å². The quantitative estimate of drug-likeness (QED) is 0.126. The Hall–Kier alpha value is -3.67. The molecule has 2 aromatic carbocycles. The van der Waals surface area contributed by atoms with Crippen LogP contribution < -0.4 is 16.5 Å². The number of hydrogen-bond acceptors (Lipinski definition) is 9. The van der Waals surface area contributed by atoms with Crippen LogP contribution in [0.4, 0.5) is 9.59 Å². The highest BCUT2D eigenvalue weighted by Gasteiger charge is 2.27. The first-order chi connectivity index (χ1) is 19.3. The number of alkyl carbamates (subject to hydrolysis) is 2. The molecule has 2 atom stereocenters. The van der Waals surface area contributed by atoms with Gasteiger partial charge in [0.15, 0.2) is 0 Å². The van der Waals surface area contributed by atoms with Crippen molar-refractivity contribution < 1.29 is 34.3 Å². The molecule has 11 nitrogen and oxygen atoms in total. The van der Waals surface area contributed by atoms with E-state index in [0.29, 0.717) is 5.56 Å². The smallest absolute Gasteiger partial charge is 0.408 e. The van der Waals surface area contributed by atoms with E-state index >= 15 is 0 Å². The maximum Gasteiger partial charge on any atom is 0.408 e. The molecule has 0 saturated heterocycles. The van der Waals surface area contributed by atoms with Gasteiger partial charge in [0.2, 0.25) is 0 Å². The number of nitrogens with two attached hydrogens (primary N) is 1. The van der Waals surface area contributed by atoms with Crippen molar-refractivity contribution in [2.45, 2.75) is 90.5 Å². The number of rotatable bonds is 4. The van der Waals surface area contributed by atoms with Crippen LogP contribution in [0.15, 0.2) is 41.6 Å². The van der Waals surface area contributed by atoms with Crippen LogP contribution in [0.2, 0.25) is 0 Å². The Morgan fingerprint density at radius 2 is 1.24 bits per heavy atom. The van der Waals surface area contributed by atoms with Gasteiger partial charge in [0, 0.05) is 5.56 Å². The van der Waals surface area contributed by atoms with E-state index in [9.17, 15) is 14.4 Å². The second-order valence-electron chi connectivity index (χ2n) is 11.8. The molecule has 2 aromatic rings. The van der Waals surface area contributed by atoms with E-state index < -0.39 is 23.4 Å². The first-order valence-corrected chi connectivity index (χ1v) is 13.4. The largest absolute Gasteiger partial charge is 0.444 e. The van der Waals surface area contributed by atoms with Gasteiger partial charge in [0.25, 0.3) is 0 Å². The number of halogens is 1. The molecule has 6 N–H and O–H groups in total. The number of carbonyl (C=O) groups excluding carboxylic acids is 3. The van der Waals surface area contributed by atoms with Crippen molar-refractivity contribution in [3.63, 3.8) is 0 Å². The third-order valence-electron chi connectivity index (χ3n) is 6.21. The predicted octanol–water partition coefficient (Wildman–Crippen LogP) is 5.77. The number of nitrogens with zero attached hydrogens (tertiary/aromatic N) is 1. The van der Waals surface area contributed by atoms with Crippen LogP contribution in [0.5, 0.6) is 0 Å². The number of oxime groups is 1. The van der Waals surface area contributed by atoms with Crippen molar-refractivity contribution in [2.75, 3.05) is 0 Å². The maximum absolute atomic E-state index is 11.8. The predicted molar refractivity (Wildman–Crippen MR) is 162 cm³/mol. The number of ether oxygens (including phenoxy) is 2. The summed E-state index contributed by atoms with van der Waals surface area (Å²) in [7, 11) is 0. The highest BCUT2D eigenvalue weighted by atomic mass is 35.5. The van der Waals surface area contributed by atoms with Crippen molar-refractivity contribution >= 4 is 37.1 Å². The lowest BCUT2D eigenvalue weighted by molar-refractivity contribution is 0.0492. The topological polar surface area (TPSA) is 173 Å². The van der Waals surface area contributed by atoms with Crippen LogP contribution in [0.25, 0.3) is 0 Å². The molecular formula is C30H43ClN4O7. The average molecular weight is 607 g/mol. The van der Waals surface area contributed by atoms with Crippen molar-refractivity contribution in [1.29, 1.82) is 0 Å². The Labute approximate surface area is 253 Å². The Kier molecular flexibility index (Phi) is 13.9. The lowest BCUT2D eigenvalue weighted by atomic mass is 10.1. The molecule has 0 unspecified atom stereocenters. The zero-order valence-electron chi connectivity index (χ0n) is 25.0. The summed E-state index contributed by atoms with van der Waals surface area (Å²) in [6, 6.07) is 11.3. The molecule has 0 aliphatic heterocycles. The molecule has 0 aromatic heterocycles. The SMILES string of the molecule is CC(C)(C)OC(=O)N[C@@H]1CCc2cc(/C=N/O)ccc21.CC(C)(C)OC(=O)N[C@@H]1CCc2cc(C=O)ccc21.Cl.NO. The van der Waals surface area contributed by atoms with Crippen LogP contribution in [-0.4, -0.2) is 46.3 Å². The Balaban J connectivity index is 0.000000388. The summed E-state index contributed by atoms with van der Waals surface area (Å²) in [4.78, 5) is 34.3. The van der Waals surface area contributed by atoms with Crippen molar-refractivity contribution in [2.24, 2.45) is 11.1 Å². The number of hydrogen-bond donors (Lipinski definition) is 5. The van der Waals surface area contributed by atoms with Gasteiger partial charge < -0.3 is 30.5 Å². The molecule has 232 valence electrons. The van der Waals surface area contributed by atoms with Crippen molar-refractivity contribution in [3.8, 4) is 0 Å². The molecule has 0 radical (unpaired) electrons. The lowest BCUT2D eigenvalue weighted by Gasteiger charge is -2.22. The summed E-state index contributed by atoms with van der Waals surface area (Å²) in [5.41, 5.74) is 5.03. The number of fused-ring (bicyclic) bond motifs is 2. The Morgan fingerprint density at radius 3 is 1.62 bits per heavy atom. The number of aryl methyl sites for hydroxylation is 2. The highest BCUT2D eigenvalue weighted by Crippen LogP contribution is 2.33. The summed E-state index contributed by atoms with van der Waals surface area (Å²) in [5.74, 6) is 3.50. The van der Waals surface area contributed by atoms with Crippen LogP contribution in [0, 0.1) is 0 Å². The normalized spacial score (nSPS) is 16.8. The average Bonchev–Trinajstić information content (AvgIpc) is 3.46. The fraction of sp³-hybridized carbons (Fsp3) is 0.467. The Bertz CT molecular complexity index is 1240. The van der Waals surface area contributed by atoms with Gasteiger partial charge in [-0.1, -0.05) is 29.4 Å². The molecule has 12 heteroatoms. The van der Waals surface area contributed by atoms with Gasteiger partial charge in [-0.2, -0.15) is 0 Å². The summed E-state index contributed by atoms with van der Waals surface area (Å²) < 4.78 is 10.5. The second kappa shape index (κ2) is 16.1. The van der Waals surface area contributed by atoms with Gasteiger partial charge in [0.1, 0.15) is 17.5 Å². The first kappa shape index (κ1) is 36.4. The monoisotopic (exact) mass is 606 g/mol. The van der Waals surface area contributed by atoms with Crippen LogP contribution in [-0.2, 0) is 22.3 Å². The second-order valence-corrected chi connectivity index (χ2v) is 11.8. The number of nitrogens with one attached hydrogen (secondary N) is 2. The lowest BCUT2D eigenvalue weighted by Crippen LogP contribution is -2.34. The molecule has 0 bridgehead atoms. The van der Waals surface area contributed by atoms with Crippen molar-refractivity contribution in [1.82, 2.24) is 10.6 Å². The molecule has 0 spiro atoms. The highest BCUT2D eigenvalue weighted by molar-refractivity contribution is 5.85. The van der Waals surface area contributed by atoms with Crippen LogP contribution in [0.1, 0.15) is 105 Å². The molecule has 0 heterocycles. The van der Waals surface area contributed by atoms with E-state index in [0.717, 1.165) is 54.2 Å². The van der Waals surface area contributed by atoms with E-state index in [1.807, 2.05) is 71.9 Å². The van der Waals surface area contributed by atoms with Crippen molar-refractivity contribution in [3.05, 3.63) is 69.8 Å². The van der Waals surface area contributed by atoms with Crippen LogP contribution >= 0.6 is 12.4 Å². The molecule has 0 saturated carbocycles. The minimum atomic E-state index is -0.493. The van der Waals surface area contributed by atoms with E-state index in [-0.39, 0.29) is 24.5 Å². The molecule has 4 rings (SSSR count). The standard InChI is InChI=1S/C15H20N2O3.C15H19NO3.ClH.H3NO/c1-15(2,3)20-14(18)17-13-7-5-11-8-10(9-16-19)4-6-12(11)13;1-15(2,3)19-14(18)16-13-7-5-11-8-10(9-17)4-6-12(11)13;;1-2/h4,6,8-9,13,19H,5,7H2,1-3H3,(H,17,18);4,6,8-9,13H,5,7H2,1-3H3,(H,16,18);1H;2H,1H2/b16-9+;;;/t2*13-;;/m11../s1. The van der Waals surface area contributed by atoms with Gasteiger partial charge in [0.05, 0.1) is 18.3 Å². The zero-order valence-corrected chi connectivity index (χ0v) is 25.8. The number of aldehydes is 1. The van der Waals surface area contributed by atoms with E-state index in [2.05, 4.69) is 21.7 Å². The minimum absolute atomic E-state index is 0. The van der Waals surface area contributed by atoms with E-state index in [1.54, 1.807) is 6.07 Å². The Morgan fingerprint density at radius 1 is 0.833 bits per heavy atom. The molecule has 0 fully saturated rings. The summed E-state index contributed by atoms with van der Waals surface area (Å²) in [5, 5.41) is 23.8. The minimum Gasteiger partial charge on any atom is -0.444 e. The third kappa shape index (κ3) is 11.3. The number of amides is 2.